The maximum Gasteiger partial charge on any atom is 0.307 e. The van der Waals surface area contributed by atoms with Gasteiger partial charge in [-0.1, -0.05) is 12.1 Å². The molecular formula is C13H12N2O3S. The fraction of sp³-hybridized carbons (Fsp3) is 0.154. The zero-order chi connectivity index (χ0) is 13.8. The van der Waals surface area contributed by atoms with E-state index in [1.807, 2.05) is 6.92 Å². The molecule has 1 aromatic carbocycles. The molecule has 0 fully saturated rings. The Labute approximate surface area is 113 Å². The molecule has 0 bridgehead atoms. The van der Waals surface area contributed by atoms with Gasteiger partial charge in [0.25, 0.3) is 5.91 Å². The minimum absolute atomic E-state index is 0.0661. The van der Waals surface area contributed by atoms with Gasteiger partial charge in [-0.15, -0.1) is 11.3 Å². The van der Waals surface area contributed by atoms with Crippen molar-refractivity contribution in [2.75, 3.05) is 5.32 Å². The van der Waals surface area contributed by atoms with Crippen LogP contribution in [0.3, 0.4) is 0 Å². The number of carboxylic acids is 1. The topological polar surface area (TPSA) is 79.3 Å². The van der Waals surface area contributed by atoms with E-state index in [0.717, 1.165) is 5.01 Å². The number of aromatic nitrogens is 1. The van der Waals surface area contributed by atoms with Crippen molar-refractivity contribution in [3.8, 4) is 0 Å². The van der Waals surface area contributed by atoms with Crippen molar-refractivity contribution in [2.45, 2.75) is 13.3 Å². The number of carboxylic acid groups (broad SMARTS) is 1. The van der Waals surface area contributed by atoms with Gasteiger partial charge in [0.15, 0.2) is 0 Å². The molecule has 2 N–H and O–H groups in total. The molecule has 19 heavy (non-hydrogen) atoms. The van der Waals surface area contributed by atoms with Crippen molar-refractivity contribution >= 4 is 28.9 Å². The number of hydrogen-bond donors (Lipinski definition) is 2. The van der Waals surface area contributed by atoms with Gasteiger partial charge in [0.2, 0.25) is 0 Å². The highest BCUT2D eigenvalue weighted by molar-refractivity contribution is 7.13. The van der Waals surface area contributed by atoms with Gasteiger partial charge in [0, 0.05) is 5.69 Å². The number of aryl methyl sites for hydroxylation is 1. The highest BCUT2D eigenvalue weighted by Crippen LogP contribution is 2.16. The number of nitrogens with one attached hydrogen (secondary N) is 1. The Morgan fingerprint density at radius 1 is 1.42 bits per heavy atom. The average Bonchev–Trinajstić information content (AvgIpc) is 2.75. The lowest BCUT2D eigenvalue weighted by Crippen LogP contribution is -2.10. The van der Waals surface area contributed by atoms with Crippen LogP contribution < -0.4 is 5.32 Å². The third-order valence-corrected chi connectivity index (χ3v) is 3.30. The van der Waals surface area contributed by atoms with Crippen molar-refractivity contribution in [3.05, 3.63) is 45.9 Å². The molecule has 0 spiro atoms. The largest absolute Gasteiger partial charge is 0.481 e. The van der Waals surface area contributed by atoms with E-state index in [0.29, 0.717) is 16.1 Å². The monoisotopic (exact) mass is 276 g/mol. The number of anilines is 1. The standard InChI is InChI=1S/C13H12N2O3S/c1-8-14-7-11(19-8)13(18)15-10-4-2-3-9(5-10)6-12(16)17/h2-5,7H,6H2,1H3,(H,15,18)(H,16,17). The zero-order valence-electron chi connectivity index (χ0n) is 10.2. The first-order valence-corrected chi connectivity index (χ1v) is 6.41. The summed E-state index contributed by atoms with van der Waals surface area (Å²) in [5, 5.41) is 12.3. The van der Waals surface area contributed by atoms with Crippen LogP contribution in [0, 0.1) is 6.92 Å². The highest BCUT2D eigenvalue weighted by Gasteiger charge is 2.10. The summed E-state index contributed by atoms with van der Waals surface area (Å²) in [7, 11) is 0. The molecule has 98 valence electrons. The van der Waals surface area contributed by atoms with E-state index in [-0.39, 0.29) is 12.3 Å². The van der Waals surface area contributed by atoms with Crippen molar-refractivity contribution in [2.24, 2.45) is 0 Å². The van der Waals surface area contributed by atoms with Gasteiger partial charge in [0.1, 0.15) is 4.88 Å². The second-order valence-electron chi connectivity index (χ2n) is 3.97. The summed E-state index contributed by atoms with van der Waals surface area (Å²) in [6, 6.07) is 6.80. The van der Waals surface area contributed by atoms with Crippen LogP contribution in [0.4, 0.5) is 5.69 Å². The van der Waals surface area contributed by atoms with Crippen LogP contribution in [0.15, 0.2) is 30.5 Å². The average molecular weight is 276 g/mol. The van der Waals surface area contributed by atoms with E-state index in [9.17, 15) is 9.59 Å². The lowest BCUT2D eigenvalue weighted by atomic mass is 10.1. The van der Waals surface area contributed by atoms with Gasteiger partial charge in [-0.25, -0.2) is 4.98 Å². The highest BCUT2D eigenvalue weighted by atomic mass is 32.1. The smallest absolute Gasteiger partial charge is 0.307 e. The summed E-state index contributed by atoms with van der Waals surface area (Å²) in [6.45, 7) is 1.83. The normalized spacial score (nSPS) is 10.2. The summed E-state index contributed by atoms with van der Waals surface area (Å²) in [4.78, 5) is 27.1. The van der Waals surface area contributed by atoms with Crippen LogP contribution in [0.2, 0.25) is 0 Å². The molecule has 0 aliphatic heterocycles. The fourth-order valence-corrected chi connectivity index (χ4v) is 2.27. The number of thiazole rings is 1. The third-order valence-electron chi connectivity index (χ3n) is 2.39. The number of carbonyl (C=O) groups is 2. The maximum absolute atomic E-state index is 11.9. The molecule has 0 aliphatic rings. The number of nitrogens with zero attached hydrogens (tertiary/aromatic N) is 1. The molecule has 2 rings (SSSR count). The SMILES string of the molecule is Cc1ncc(C(=O)Nc2cccc(CC(=O)O)c2)s1. The molecule has 1 heterocycles. The molecule has 6 heteroatoms. The summed E-state index contributed by atoms with van der Waals surface area (Å²) >= 11 is 1.31. The van der Waals surface area contributed by atoms with Gasteiger partial charge in [-0.05, 0) is 24.6 Å². The quantitative estimate of drug-likeness (QED) is 0.898. The van der Waals surface area contributed by atoms with Gasteiger partial charge >= 0.3 is 5.97 Å². The number of carbonyl (C=O) groups excluding carboxylic acids is 1. The van der Waals surface area contributed by atoms with E-state index in [1.54, 1.807) is 24.3 Å². The van der Waals surface area contributed by atoms with Crippen LogP contribution in [0.5, 0.6) is 0 Å². The molecule has 0 aliphatic carbocycles. The summed E-state index contributed by atoms with van der Waals surface area (Å²) in [5.74, 6) is -1.14. The predicted molar refractivity (Wildman–Crippen MR) is 72.6 cm³/mol. The summed E-state index contributed by atoms with van der Waals surface area (Å²) in [6.07, 6.45) is 1.46. The Balaban J connectivity index is 2.10. The minimum atomic E-state index is -0.901. The van der Waals surface area contributed by atoms with Crippen LogP contribution in [-0.4, -0.2) is 22.0 Å². The van der Waals surface area contributed by atoms with E-state index in [1.165, 1.54) is 17.5 Å². The number of amides is 1. The van der Waals surface area contributed by atoms with E-state index in [2.05, 4.69) is 10.3 Å². The lowest BCUT2D eigenvalue weighted by molar-refractivity contribution is -0.136. The van der Waals surface area contributed by atoms with E-state index < -0.39 is 5.97 Å². The molecule has 1 aromatic heterocycles. The van der Waals surface area contributed by atoms with E-state index >= 15 is 0 Å². The Kier molecular flexibility index (Phi) is 3.91. The first-order valence-electron chi connectivity index (χ1n) is 5.59. The molecule has 0 atom stereocenters. The van der Waals surface area contributed by atoms with Crippen molar-refractivity contribution in [1.82, 2.24) is 4.98 Å². The number of benzene rings is 1. The first-order chi connectivity index (χ1) is 9.04. The van der Waals surface area contributed by atoms with Gasteiger partial charge in [-0.2, -0.15) is 0 Å². The zero-order valence-corrected chi connectivity index (χ0v) is 11.0. The molecule has 0 radical (unpaired) electrons. The first kappa shape index (κ1) is 13.2. The number of hydrogen-bond acceptors (Lipinski definition) is 4. The Bertz CT molecular complexity index is 622. The minimum Gasteiger partial charge on any atom is -0.481 e. The van der Waals surface area contributed by atoms with Crippen molar-refractivity contribution < 1.29 is 14.7 Å². The third kappa shape index (κ3) is 3.62. The Morgan fingerprint density at radius 3 is 2.84 bits per heavy atom. The lowest BCUT2D eigenvalue weighted by Gasteiger charge is -2.05. The second kappa shape index (κ2) is 5.62. The van der Waals surface area contributed by atoms with Gasteiger partial charge < -0.3 is 10.4 Å². The number of aliphatic carboxylic acids is 1. The van der Waals surface area contributed by atoms with E-state index in [4.69, 9.17) is 5.11 Å². The molecular weight excluding hydrogens is 264 g/mol. The Hall–Kier alpha value is -2.21. The van der Waals surface area contributed by atoms with Gasteiger partial charge in [-0.3, -0.25) is 9.59 Å². The number of rotatable bonds is 4. The summed E-state index contributed by atoms with van der Waals surface area (Å²) in [5.41, 5.74) is 1.22. The van der Waals surface area contributed by atoms with Crippen LogP contribution in [0.1, 0.15) is 20.2 Å². The molecule has 0 unspecified atom stereocenters. The van der Waals surface area contributed by atoms with Crippen molar-refractivity contribution in [3.63, 3.8) is 0 Å². The van der Waals surface area contributed by atoms with Gasteiger partial charge in [0.05, 0.1) is 17.6 Å². The molecule has 0 saturated heterocycles. The molecule has 5 nitrogen and oxygen atoms in total. The van der Waals surface area contributed by atoms with Crippen LogP contribution >= 0.6 is 11.3 Å². The maximum atomic E-state index is 11.9. The van der Waals surface area contributed by atoms with Crippen molar-refractivity contribution in [1.29, 1.82) is 0 Å². The predicted octanol–water partition coefficient (Wildman–Crippen LogP) is 2.33. The Morgan fingerprint density at radius 2 is 2.21 bits per heavy atom. The fourth-order valence-electron chi connectivity index (χ4n) is 1.59. The van der Waals surface area contributed by atoms with Crippen LogP contribution in [-0.2, 0) is 11.2 Å². The molecule has 1 amide bonds. The summed E-state index contributed by atoms with van der Waals surface area (Å²) < 4.78 is 0. The second-order valence-corrected chi connectivity index (χ2v) is 5.20. The van der Waals surface area contributed by atoms with Crippen LogP contribution in [0.25, 0.3) is 0 Å². The molecule has 0 saturated carbocycles. The molecule has 2 aromatic rings.